The van der Waals surface area contributed by atoms with Gasteiger partial charge in [0.25, 0.3) is 0 Å². The van der Waals surface area contributed by atoms with E-state index in [1.165, 1.54) is 0 Å². The van der Waals surface area contributed by atoms with Crippen LogP contribution in [0.1, 0.15) is 42.9 Å². The summed E-state index contributed by atoms with van der Waals surface area (Å²) in [6.45, 7) is 0. The van der Waals surface area contributed by atoms with Crippen molar-refractivity contribution in [2.24, 2.45) is 5.41 Å². The molecule has 1 heterocycles. The summed E-state index contributed by atoms with van der Waals surface area (Å²) in [6, 6.07) is 28.1. The lowest BCUT2D eigenvalue weighted by molar-refractivity contribution is -0.149. The van der Waals surface area contributed by atoms with E-state index in [0.29, 0.717) is 25.7 Å². The predicted molar refractivity (Wildman–Crippen MR) is 122 cm³/mol. The number of rotatable bonds is 3. The first-order chi connectivity index (χ1) is 14.5. The number of aliphatic hydroxyl groups is 1. The molecule has 1 saturated heterocycles. The van der Waals surface area contributed by atoms with Crippen LogP contribution >= 0.6 is 15.9 Å². The van der Waals surface area contributed by atoms with E-state index in [0.717, 1.165) is 21.3 Å². The van der Waals surface area contributed by atoms with Gasteiger partial charge < -0.3 is 10.0 Å². The first-order valence-corrected chi connectivity index (χ1v) is 11.2. The average molecular weight is 462 g/mol. The normalized spacial score (nSPS) is 28.4. The minimum absolute atomic E-state index is 0.0131. The molecule has 1 aliphatic carbocycles. The van der Waals surface area contributed by atoms with E-state index >= 15 is 0 Å². The van der Waals surface area contributed by atoms with E-state index in [9.17, 15) is 9.90 Å². The molecule has 2 fully saturated rings. The highest BCUT2D eigenvalue weighted by Gasteiger charge is 2.63. The molecule has 3 aromatic rings. The Morgan fingerprint density at radius 3 is 1.97 bits per heavy atom. The monoisotopic (exact) mass is 461 g/mol. The van der Waals surface area contributed by atoms with Gasteiger partial charge in [-0.05, 0) is 61.1 Å². The number of nitrogens with zero attached hydrogens (tertiary/aromatic N) is 1. The quantitative estimate of drug-likeness (QED) is 0.486. The number of β-lactam (4-membered cyclic amide) rings is 1. The maximum absolute atomic E-state index is 13.6. The number of para-hydroxylation sites is 1. The Balaban J connectivity index is 1.49. The summed E-state index contributed by atoms with van der Waals surface area (Å²) in [6.07, 6.45) is 2.55. The van der Waals surface area contributed by atoms with E-state index in [1.807, 2.05) is 77.7 Å². The fourth-order valence-corrected chi connectivity index (χ4v) is 5.52. The Kier molecular flexibility index (Phi) is 4.79. The van der Waals surface area contributed by atoms with Gasteiger partial charge in [-0.15, -0.1) is 0 Å². The molecule has 3 nitrogen and oxygen atoms in total. The number of benzene rings is 3. The Morgan fingerprint density at radius 2 is 1.37 bits per heavy atom. The standard InChI is InChI=1S/C26H24BrNO2/c27-21-13-11-19(12-14-21)23-25(24(29)28(23)22-9-5-2-6-10-22)15-17-26(30,18-16-25)20-7-3-1-4-8-20/h1-14,23,30H,15-18H2/t23-,25?,26?/m1/s1. The number of anilines is 1. The van der Waals surface area contributed by atoms with Crippen LogP contribution < -0.4 is 4.90 Å². The van der Waals surface area contributed by atoms with Gasteiger partial charge in [-0.25, -0.2) is 0 Å². The Morgan fingerprint density at radius 1 is 0.800 bits per heavy atom. The van der Waals surface area contributed by atoms with Crippen molar-refractivity contribution >= 4 is 27.5 Å². The van der Waals surface area contributed by atoms with Crippen molar-refractivity contribution in [2.75, 3.05) is 4.90 Å². The van der Waals surface area contributed by atoms with Gasteiger partial charge in [-0.3, -0.25) is 4.79 Å². The zero-order chi connectivity index (χ0) is 20.8. The smallest absolute Gasteiger partial charge is 0.236 e. The number of halogens is 1. The molecule has 4 heteroatoms. The second-order valence-corrected chi connectivity index (χ2v) is 9.43. The second-order valence-electron chi connectivity index (χ2n) is 8.52. The molecule has 2 aliphatic rings. The van der Waals surface area contributed by atoms with Crippen LogP contribution in [0.15, 0.2) is 89.4 Å². The van der Waals surface area contributed by atoms with Crippen molar-refractivity contribution in [3.63, 3.8) is 0 Å². The molecule has 0 bridgehead atoms. The van der Waals surface area contributed by atoms with Crippen molar-refractivity contribution in [2.45, 2.75) is 37.3 Å². The molecule has 5 rings (SSSR count). The number of carbonyl (C=O) groups excluding carboxylic acids is 1. The van der Waals surface area contributed by atoms with Gasteiger partial charge in [-0.2, -0.15) is 0 Å². The molecule has 3 aromatic carbocycles. The lowest BCUT2D eigenvalue weighted by Crippen LogP contribution is -2.65. The molecule has 0 unspecified atom stereocenters. The van der Waals surface area contributed by atoms with Gasteiger partial charge in [0.2, 0.25) is 5.91 Å². The van der Waals surface area contributed by atoms with E-state index in [1.54, 1.807) is 0 Å². The molecule has 1 N–H and O–H groups in total. The Hall–Kier alpha value is -2.43. The van der Waals surface area contributed by atoms with E-state index < -0.39 is 11.0 Å². The zero-order valence-corrected chi connectivity index (χ0v) is 18.3. The highest BCUT2D eigenvalue weighted by molar-refractivity contribution is 9.10. The first-order valence-electron chi connectivity index (χ1n) is 10.5. The fraction of sp³-hybridized carbons (Fsp3) is 0.269. The maximum atomic E-state index is 13.6. The van der Waals surface area contributed by atoms with Crippen LogP contribution in [0.5, 0.6) is 0 Å². The van der Waals surface area contributed by atoms with Crippen LogP contribution in [-0.4, -0.2) is 11.0 Å². The molecule has 0 aromatic heterocycles. The van der Waals surface area contributed by atoms with Crippen molar-refractivity contribution in [1.82, 2.24) is 0 Å². The number of hydrogen-bond acceptors (Lipinski definition) is 2. The summed E-state index contributed by atoms with van der Waals surface area (Å²) in [5.74, 6) is 0.178. The molecule has 1 amide bonds. The molecule has 1 atom stereocenters. The lowest BCUT2D eigenvalue weighted by Gasteiger charge is -2.59. The fourth-order valence-electron chi connectivity index (χ4n) is 5.26. The number of carbonyl (C=O) groups is 1. The van der Waals surface area contributed by atoms with Crippen molar-refractivity contribution < 1.29 is 9.90 Å². The minimum atomic E-state index is -0.857. The summed E-state index contributed by atoms with van der Waals surface area (Å²) < 4.78 is 1.03. The number of amides is 1. The molecular formula is C26H24BrNO2. The van der Waals surface area contributed by atoms with Crippen LogP contribution in [-0.2, 0) is 10.4 Å². The minimum Gasteiger partial charge on any atom is -0.385 e. The van der Waals surface area contributed by atoms with Crippen molar-refractivity contribution in [3.8, 4) is 0 Å². The molecule has 152 valence electrons. The lowest BCUT2D eigenvalue weighted by atomic mass is 9.56. The second kappa shape index (κ2) is 7.36. The van der Waals surface area contributed by atoms with Crippen LogP contribution in [0.4, 0.5) is 5.69 Å². The van der Waals surface area contributed by atoms with Crippen molar-refractivity contribution in [3.05, 3.63) is 101 Å². The molecule has 1 aliphatic heterocycles. The van der Waals surface area contributed by atoms with Gasteiger partial charge in [0.15, 0.2) is 0 Å². The molecule has 0 radical (unpaired) electrons. The third-order valence-corrected chi connectivity index (χ3v) is 7.46. The van der Waals surface area contributed by atoms with Gasteiger partial charge >= 0.3 is 0 Å². The Labute approximate surface area is 185 Å². The van der Waals surface area contributed by atoms with Crippen LogP contribution in [0, 0.1) is 5.41 Å². The third-order valence-electron chi connectivity index (χ3n) is 6.93. The van der Waals surface area contributed by atoms with Gasteiger partial charge in [-0.1, -0.05) is 76.6 Å². The van der Waals surface area contributed by atoms with Gasteiger partial charge in [0, 0.05) is 10.2 Å². The van der Waals surface area contributed by atoms with Crippen LogP contribution in [0.3, 0.4) is 0 Å². The Bertz CT molecular complexity index is 1040. The zero-order valence-electron chi connectivity index (χ0n) is 16.7. The third kappa shape index (κ3) is 3.01. The van der Waals surface area contributed by atoms with Crippen LogP contribution in [0.2, 0.25) is 0 Å². The summed E-state index contributed by atoms with van der Waals surface area (Å²) in [5.41, 5.74) is 1.72. The summed E-state index contributed by atoms with van der Waals surface area (Å²) >= 11 is 3.52. The molecular weight excluding hydrogens is 438 g/mol. The summed E-state index contributed by atoms with van der Waals surface area (Å²) in [4.78, 5) is 15.5. The summed E-state index contributed by atoms with van der Waals surface area (Å²) in [5, 5.41) is 11.3. The largest absolute Gasteiger partial charge is 0.385 e. The van der Waals surface area contributed by atoms with Gasteiger partial charge in [0.1, 0.15) is 0 Å². The maximum Gasteiger partial charge on any atom is 0.236 e. The highest BCUT2D eigenvalue weighted by Crippen LogP contribution is 2.61. The highest BCUT2D eigenvalue weighted by atomic mass is 79.9. The summed E-state index contributed by atoms with van der Waals surface area (Å²) in [7, 11) is 0. The number of hydrogen-bond donors (Lipinski definition) is 1. The van der Waals surface area contributed by atoms with E-state index in [4.69, 9.17) is 0 Å². The van der Waals surface area contributed by atoms with Crippen LogP contribution in [0.25, 0.3) is 0 Å². The van der Waals surface area contributed by atoms with E-state index in [-0.39, 0.29) is 11.9 Å². The molecule has 1 saturated carbocycles. The molecule has 1 spiro atoms. The molecule has 30 heavy (non-hydrogen) atoms. The SMILES string of the molecule is O=C1N(c2ccccc2)[C@H](c2ccc(Br)cc2)C12CCC(O)(c1ccccc1)CC2. The first kappa shape index (κ1) is 19.5. The van der Waals surface area contributed by atoms with Gasteiger partial charge in [0.05, 0.1) is 17.1 Å². The van der Waals surface area contributed by atoms with E-state index in [2.05, 4.69) is 28.1 Å². The topological polar surface area (TPSA) is 40.5 Å². The average Bonchev–Trinajstić information content (AvgIpc) is 2.80. The predicted octanol–water partition coefficient (Wildman–Crippen LogP) is 5.99. The van der Waals surface area contributed by atoms with Crippen molar-refractivity contribution in [1.29, 1.82) is 0 Å².